The molecule has 1 rings (SSSR count). The maximum absolute atomic E-state index is 11.7. The van der Waals surface area contributed by atoms with Crippen LogP contribution in [0.1, 0.15) is 42.6 Å². The highest BCUT2D eigenvalue weighted by Crippen LogP contribution is 2.05. The average Bonchev–Trinajstić information content (AvgIpc) is 2.36. The number of aldehydes is 1. The first kappa shape index (κ1) is 13.4. The Morgan fingerprint density at radius 1 is 1.35 bits per heavy atom. The second-order valence-electron chi connectivity index (χ2n) is 4.12. The Bertz CT molecular complexity index is 384. The van der Waals surface area contributed by atoms with E-state index in [1.807, 2.05) is 6.07 Å². The highest BCUT2D eigenvalue weighted by Gasteiger charge is 2.08. The van der Waals surface area contributed by atoms with Crippen molar-refractivity contribution in [3.63, 3.8) is 0 Å². The van der Waals surface area contributed by atoms with E-state index in [0.717, 1.165) is 24.7 Å². The van der Waals surface area contributed by atoms with Crippen LogP contribution in [-0.4, -0.2) is 18.2 Å². The molecule has 0 radical (unpaired) electrons. The van der Waals surface area contributed by atoms with Crippen LogP contribution >= 0.6 is 0 Å². The Morgan fingerprint density at radius 3 is 2.65 bits per heavy atom. The van der Waals surface area contributed by atoms with Crippen LogP contribution in [0.15, 0.2) is 24.3 Å². The Balaban J connectivity index is 2.58. The summed E-state index contributed by atoms with van der Waals surface area (Å²) in [5, 5.41) is 2.98. The molecule has 1 aromatic rings. The SMILES string of the molecule is CCC(CC)NC(=O)Cc1cccc(C=O)c1. The fourth-order valence-electron chi connectivity index (χ4n) is 1.73. The van der Waals surface area contributed by atoms with Crippen LogP contribution in [0.3, 0.4) is 0 Å². The Hall–Kier alpha value is -1.64. The molecule has 0 aliphatic heterocycles. The quantitative estimate of drug-likeness (QED) is 0.767. The van der Waals surface area contributed by atoms with Gasteiger partial charge in [0, 0.05) is 11.6 Å². The van der Waals surface area contributed by atoms with E-state index in [1.54, 1.807) is 18.2 Å². The molecule has 17 heavy (non-hydrogen) atoms. The van der Waals surface area contributed by atoms with Crippen molar-refractivity contribution in [2.75, 3.05) is 0 Å². The third-order valence-corrected chi connectivity index (χ3v) is 2.80. The van der Waals surface area contributed by atoms with E-state index in [9.17, 15) is 9.59 Å². The number of carbonyl (C=O) groups excluding carboxylic acids is 2. The van der Waals surface area contributed by atoms with E-state index in [4.69, 9.17) is 0 Å². The van der Waals surface area contributed by atoms with Gasteiger partial charge < -0.3 is 5.32 Å². The molecule has 0 heterocycles. The maximum atomic E-state index is 11.7. The molecule has 0 atom stereocenters. The van der Waals surface area contributed by atoms with Crippen molar-refractivity contribution < 1.29 is 9.59 Å². The van der Waals surface area contributed by atoms with Gasteiger partial charge in [-0.3, -0.25) is 9.59 Å². The van der Waals surface area contributed by atoms with Gasteiger partial charge in [-0.05, 0) is 24.5 Å². The average molecular weight is 233 g/mol. The maximum Gasteiger partial charge on any atom is 0.224 e. The van der Waals surface area contributed by atoms with Gasteiger partial charge in [-0.2, -0.15) is 0 Å². The van der Waals surface area contributed by atoms with Gasteiger partial charge in [0.15, 0.2) is 0 Å². The summed E-state index contributed by atoms with van der Waals surface area (Å²) in [6.45, 7) is 4.11. The van der Waals surface area contributed by atoms with Gasteiger partial charge in [0.2, 0.25) is 5.91 Å². The Morgan fingerprint density at radius 2 is 2.06 bits per heavy atom. The third kappa shape index (κ3) is 4.39. The molecule has 1 N–H and O–H groups in total. The first-order valence-corrected chi connectivity index (χ1v) is 6.03. The molecule has 0 spiro atoms. The summed E-state index contributed by atoms with van der Waals surface area (Å²) in [7, 11) is 0. The number of benzene rings is 1. The summed E-state index contributed by atoms with van der Waals surface area (Å²) in [4.78, 5) is 22.4. The lowest BCUT2D eigenvalue weighted by molar-refractivity contribution is -0.121. The van der Waals surface area contributed by atoms with E-state index >= 15 is 0 Å². The number of hydrogen-bond acceptors (Lipinski definition) is 2. The summed E-state index contributed by atoms with van der Waals surface area (Å²) in [5.41, 5.74) is 1.48. The minimum absolute atomic E-state index is 0.0155. The number of nitrogens with one attached hydrogen (secondary N) is 1. The van der Waals surface area contributed by atoms with Gasteiger partial charge in [-0.15, -0.1) is 0 Å². The Kier molecular flexibility index (Phi) is 5.40. The van der Waals surface area contributed by atoms with Gasteiger partial charge in [-0.1, -0.05) is 32.0 Å². The smallest absolute Gasteiger partial charge is 0.224 e. The van der Waals surface area contributed by atoms with Crippen LogP contribution in [0.4, 0.5) is 0 Å². The van der Waals surface area contributed by atoms with Crippen molar-refractivity contribution >= 4 is 12.2 Å². The van der Waals surface area contributed by atoms with Crippen molar-refractivity contribution in [3.8, 4) is 0 Å². The van der Waals surface area contributed by atoms with Crippen molar-refractivity contribution in [3.05, 3.63) is 35.4 Å². The van der Waals surface area contributed by atoms with E-state index in [-0.39, 0.29) is 11.9 Å². The van der Waals surface area contributed by atoms with Gasteiger partial charge in [0.05, 0.1) is 6.42 Å². The second-order valence-corrected chi connectivity index (χ2v) is 4.12. The summed E-state index contributed by atoms with van der Waals surface area (Å²) in [5.74, 6) is 0.0155. The van der Waals surface area contributed by atoms with Crippen molar-refractivity contribution in [1.29, 1.82) is 0 Å². The third-order valence-electron chi connectivity index (χ3n) is 2.80. The highest BCUT2D eigenvalue weighted by molar-refractivity contribution is 5.80. The van der Waals surface area contributed by atoms with E-state index in [2.05, 4.69) is 19.2 Å². The topological polar surface area (TPSA) is 46.2 Å². The molecule has 0 unspecified atom stereocenters. The molecule has 1 amide bonds. The van der Waals surface area contributed by atoms with Crippen LogP contribution in [0, 0.1) is 0 Å². The lowest BCUT2D eigenvalue weighted by Gasteiger charge is -2.14. The van der Waals surface area contributed by atoms with Crippen LogP contribution < -0.4 is 5.32 Å². The standard InChI is InChI=1S/C14H19NO2/c1-3-13(4-2)15-14(17)9-11-6-5-7-12(8-11)10-16/h5-8,10,13H,3-4,9H2,1-2H3,(H,15,17). The second kappa shape index (κ2) is 6.84. The molecule has 0 bridgehead atoms. The monoisotopic (exact) mass is 233 g/mol. The minimum atomic E-state index is 0.0155. The van der Waals surface area contributed by atoms with Gasteiger partial charge >= 0.3 is 0 Å². The molecule has 3 heteroatoms. The lowest BCUT2D eigenvalue weighted by Crippen LogP contribution is -2.34. The molecular weight excluding hydrogens is 214 g/mol. The zero-order valence-corrected chi connectivity index (χ0v) is 10.4. The molecule has 0 saturated heterocycles. The number of carbonyl (C=O) groups is 2. The van der Waals surface area contributed by atoms with E-state index in [1.165, 1.54) is 0 Å². The van der Waals surface area contributed by atoms with Crippen molar-refractivity contribution in [2.45, 2.75) is 39.2 Å². The molecule has 92 valence electrons. The first-order valence-electron chi connectivity index (χ1n) is 6.03. The Labute approximate surface area is 102 Å². The fraction of sp³-hybridized carbons (Fsp3) is 0.429. The van der Waals surface area contributed by atoms with Crippen molar-refractivity contribution in [1.82, 2.24) is 5.32 Å². The molecule has 0 saturated carbocycles. The lowest BCUT2D eigenvalue weighted by atomic mass is 10.1. The largest absolute Gasteiger partial charge is 0.353 e. The fourth-order valence-corrected chi connectivity index (χ4v) is 1.73. The van der Waals surface area contributed by atoms with Crippen LogP contribution in [0.25, 0.3) is 0 Å². The first-order chi connectivity index (χ1) is 8.19. The molecular formula is C14H19NO2. The zero-order chi connectivity index (χ0) is 12.7. The summed E-state index contributed by atoms with van der Waals surface area (Å²) in [6, 6.07) is 7.38. The van der Waals surface area contributed by atoms with Crippen LogP contribution in [-0.2, 0) is 11.2 Å². The van der Waals surface area contributed by atoms with E-state index in [0.29, 0.717) is 12.0 Å². The van der Waals surface area contributed by atoms with Gasteiger partial charge in [0.1, 0.15) is 6.29 Å². The van der Waals surface area contributed by atoms with Crippen molar-refractivity contribution in [2.24, 2.45) is 0 Å². The minimum Gasteiger partial charge on any atom is -0.353 e. The number of amides is 1. The summed E-state index contributed by atoms with van der Waals surface area (Å²) < 4.78 is 0. The van der Waals surface area contributed by atoms with Gasteiger partial charge in [0.25, 0.3) is 0 Å². The molecule has 0 aliphatic rings. The predicted molar refractivity (Wildman–Crippen MR) is 68.0 cm³/mol. The number of hydrogen-bond donors (Lipinski definition) is 1. The number of rotatable bonds is 6. The molecule has 1 aromatic carbocycles. The van der Waals surface area contributed by atoms with Crippen LogP contribution in [0.2, 0.25) is 0 Å². The molecule has 0 aliphatic carbocycles. The molecule has 0 aromatic heterocycles. The summed E-state index contributed by atoms with van der Waals surface area (Å²) in [6.07, 6.45) is 3.01. The van der Waals surface area contributed by atoms with Gasteiger partial charge in [-0.25, -0.2) is 0 Å². The predicted octanol–water partition coefficient (Wildman–Crippen LogP) is 2.35. The molecule has 0 fully saturated rings. The van der Waals surface area contributed by atoms with Crippen LogP contribution in [0.5, 0.6) is 0 Å². The summed E-state index contributed by atoms with van der Waals surface area (Å²) >= 11 is 0. The highest BCUT2D eigenvalue weighted by atomic mass is 16.1. The molecule has 3 nitrogen and oxygen atoms in total. The zero-order valence-electron chi connectivity index (χ0n) is 10.4. The van der Waals surface area contributed by atoms with E-state index < -0.39 is 0 Å². The normalized spacial score (nSPS) is 10.3.